The van der Waals surface area contributed by atoms with Crippen molar-refractivity contribution in [3.63, 3.8) is 0 Å². The molecule has 1 aromatic heterocycles. The van der Waals surface area contributed by atoms with Crippen LogP contribution in [0.1, 0.15) is 23.2 Å². The molecule has 1 N–H and O–H groups in total. The van der Waals surface area contributed by atoms with E-state index in [9.17, 15) is 23.1 Å². The van der Waals surface area contributed by atoms with Crippen molar-refractivity contribution in [2.75, 3.05) is 32.1 Å². The lowest BCUT2D eigenvalue weighted by Gasteiger charge is -2.34. The molecule has 1 aliphatic rings. The number of aliphatic hydroxyl groups excluding tert-OH is 1. The minimum Gasteiger partial charge on any atom is -0.383 e. The second-order valence-corrected chi connectivity index (χ2v) is 5.91. The van der Waals surface area contributed by atoms with Crippen molar-refractivity contribution in [2.45, 2.75) is 25.1 Å². The third-order valence-electron chi connectivity index (χ3n) is 4.06. The zero-order valence-electron chi connectivity index (χ0n) is 13.0. The van der Waals surface area contributed by atoms with E-state index in [0.29, 0.717) is 11.4 Å². The molecule has 1 atom stereocenters. The number of piperidine rings is 1. The van der Waals surface area contributed by atoms with E-state index in [1.165, 1.54) is 11.1 Å². The van der Waals surface area contributed by atoms with Crippen LogP contribution >= 0.6 is 0 Å². The van der Waals surface area contributed by atoms with E-state index >= 15 is 0 Å². The van der Waals surface area contributed by atoms with Gasteiger partial charge in [0.25, 0.3) is 5.91 Å². The van der Waals surface area contributed by atoms with Crippen molar-refractivity contribution >= 4 is 11.7 Å². The summed E-state index contributed by atoms with van der Waals surface area (Å²) in [5, 5.41) is 9.31. The number of nitrogens with zero attached hydrogens (tertiary/aromatic N) is 3. The number of aliphatic hydroxyl groups is 1. The van der Waals surface area contributed by atoms with Crippen LogP contribution < -0.4 is 4.90 Å². The van der Waals surface area contributed by atoms with Crippen molar-refractivity contribution in [2.24, 2.45) is 5.92 Å². The van der Waals surface area contributed by atoms with Crippen molar-refractivity contribution < 1.29 is 23.1 Å². The van der Waals surface area contributed by atoms with Gasteiger partial charge in [-0.1, -0.05) is 0 Å². The number of aromatic nitrogens is 1. The fraction of sp³-hybridized carbons (Fsp3) is 0.600. The van der Waals surface area contributed by atoms with Gasteiger partial charge in [-0.3, -0.25) is 4.79 Å². The molecule has 0 aliphatic carbocycles. The lowest BCUT2D eigenvalue weighted by Crippen LogP contribution is -2.45. The van der Waals surface area contributed by atoms with Crippen LogP contribution in [0, 0.1) is 5.92 Å². The molecular weight excluding hydrogens is 311 g/mol. The Bertz CT molecular complexity index is 555. The number of carbonyl (C=O) groups excluding carboxylic acids is 1. The predicted molar refractivity (Wildman–Crippen MR) is 79.3 cm³/mol. The SMILES string of the molecule is CN(C)c1cc(C(=O)N2CCC(C(O)C(F)(F)F)CC2)ccn1. The Morgan fingerprint density at radius 1 is 1.39 bits per heavy atom. The number of carbonyl (C=O) groups is 1. The van der Waals surface area contributed by atoms with E-state index in [1.54, 1.807) is 31.1 Å². The average molecular weight is 331 g/mol. The van der Waals surface area contributed by atoms with Gasteiger partial charge in [0.1, 0.15) is 5.82 Å². The fourth-order valence-electron chi connectivity index (χ4n) is 2.66. The largest absolute Gasteiger partial charge is 0.414 e. The molecule has 0 aromatic carbocycles. The Balaban J connectivity index is 2.00. The summed E-state index contributed by atoms with van der Waals surface area (Å²) in [5.74, 6) is -0.442. The summed E-state index contributed by atoms with van der Waals surface area (Å²) in [4.78, 5) is 19.9. The minimum atomic E-state index is -4.61. The quantitative estimate of drug-likeness (QED) is 0.919. The molecule has 0 bridgehead atoms. The number of hydrogen-bond donors (Lipinski definition) is 1. The maximum atomic E-state index is 12.5. The Morgan fingerprint density at radius 2 is 2.00 bits per heavy atom. The smallest absolute Gasteiger partial charge is 0.383 e. The molecule has 2 heterocycles. The monoisotopic (exact) mass is 331 g/mol. The molecule has 5 nitrogen and oxygen atoms in total. The molecule has 1 aromatic rings. The Hall–Kier alpha value is -1.83. The van der Waals surface area contributed by atoms with Gasteiger partial charge in [0.15, 0.2) is 6.10 Å². The standard InChI is InChI=1S/C15H20F3N3O2/c1-20(2)12-9-11(3-6-19-12)14(23)21-7-4-10(5-8-21)13(22)15(16,17)18/h3,6,9-10,13,22H,4-5,7-8H2,1-2H3. The highest BCUT2D eigenvalue weighted by atomic mass is 19.4. The Morgan fingerprint density at radius 3 is 2.52 bits per heavy atom. The molecule has 0 saturated carbocycles. The second-order valence-electron chi connectivity index (χ2n) is 5.91. The predicted octanol–water partition coefficient (Wildman–Crippen LogP) is 1.92. The topological polar surface area (TPSA) is 56.7 Å². The molecule has 1 fully saturated rings. The molecular formula is C15H20F3N3O2. The highest BCUT2D eigenvalue weighted by Gasteiger charge is 2.44. The summed E-state index contributed by atoms with van der Waals surface area (Å²) >= 11 is 0. The number of pyridine rings is 1. The molecule has 2 rings (SSSR count). The van der Waals surface area contributed by atoms with E-state index in [-0.39, 0.29) is 31.8 Å². The lowest BCUT2D eigenvalue weighted by atomic mass is 9.90. The van der Waals surface area contributed by atoms with E-state index in [2.05, 4.69) is 4.98 Å². The van der Waals surface area contributed by atoms with Crippen LogP contribution in [-0.4, -0.2) is 60.4 Å². The Labute approximate surface area is 132 Å². The third kappa shape index (κ3) is 4.13. The lowest BCUT2D eigenvalue weighted by molar-refractivity contribution is -0.222. The summed E-state index contributed by atoms with van der Waals surface area (Å²) < 4.78 is 37.6. The van der Waals surface area contributed by atoms with Gasteiger partial charge in [0.05, 0.1) is 0 Å². The Kier molecular flexibility index (Phi) is 5.13. The van der Waals surface area contributed by atoms with Gasteiger partial charge in [-0.15, -0.1) is 0 Å². The van der Waals surface area contributed by atoms with Gasteiger partial charge in [0, 0.05) is 38.9 Å². The van der Waals surface area contributed by atoms with Gasteiger partial charge in [-0.2, -0.15) is 13.2 Å². The molecule has 1 amide bonds. The summed E-state index contributed by atoms with van der Waals surface area (Å²) in [5.41, 5.74) is 0.457. The molecule has 0 spiro atoms. The van der Waals surface area contributed by atoms with Gasteiger partial charge < -0.3 is 14.9 Å². The first-order valence-corrected chi connectivity index (χ1v) is 7.37. The maximum absolute atomic E-state index is 12.5. The van der Waals surface area contributed by atoms with Crippen molar-refractivity contribution in [3.05, 3.63) is 23.9 Å². The second kappa shape index (κ2) is 6.74. The number of hydrogen-bond acceptors (Lipinski definition) is 4. The number of rotatable bonds is 3. The molecule has 128 valence electrons. The molecule has 23 heavy (non-hydrogen) atoms. The van der Waals surface area contributed by atoms with Gasteiger partial charge in [-0.05, 0) is 30.9 Å². The highest BCUT2D eigenvalue weighted by molar-refractivity contribution is 5.94. The van der Waals surface area contributed by atoms with Crippen LogP contribution in [0.2, 0.25) is 0 Å². The van der Waals surface area contributed by atoms with Crippen molar-refractivity contribution in [1.82, 2.24) is 9.88 Å². The van der Waals surface area contributed by atoms with Gasteiger partial charge in [-0.25, -0.2) is 4.98 Å². The van der Waals surface area contributed by atoms with E-state index in [4.69, 9.17) is 0 Å². The molecule has 1 unspecified atom stereocenters. The van der Waals surface area contributed by atoms with Crippen molar-refractivity contribution in [1.29, 1.82) is 0 Å². The number of halogens is 3. The van der Waals surface area contributed by atoms with Gasteiger partial charge >= 0.3 is 6.18 Å². The first kappa shape index (κ1) is 17.5. The summed E-state index contributed by atoms with van der Waals surface area (Å²) in [7, 11) is 3.61. The minimum absolute atomic E-state index is 0.137. The summed E-state index contributed by atoms with van der Waals surface area (Å²) in [6.45, 7) is 0.409. The van der Waals surface area contributed by atoms with Crippen LogP contribution in [0.15, 0.2) is 18.3 Å². The number of likely N-dealkylation sites (tertiary alicyclic amines) is 1. The zero-order valence-corrected chi connectivity index (χ0v) is 13.0. The highest BCUT2D eigenvalue weighted by Crippen LogP contribution is 2.32. The van der Waals surface area contributed by atoms with Crippen LogP contribution in [0.5, 0.6) is 0 Å². The fourth-order valence-corrected chi connectivity index (χ4v) is 2.66. The van der Waals surface area contributed by atoms with Crippen LogP contribution in [0.4, 0.5) is 19.0 Å². The first-order valence-electron chi connectivity index (χ1n) is 7.37. The third-order valence-corrected chi connectivity index (χ3v) is 4.06. The molecule has 1 aliphatic heterocycles. The number of alkyl halides is 3. The summed E-state index contributed by atoms with van der Waals surface area (Å²) in [6, 6.07) is 3.24. The maximum Gasteiger partial charge on any atom is 0.414 e. The van der Waals surface area contributed by atoms with Crippen LogP contribution in [0.3, 0.4) is 0 Å². The molecule has 8 heteroatoms. The van der Waals surface area contributed by atoms with Crippen LogP contribution in [0.25, 0.3) is 0 Å². The zero-order chi connectivity index (χ0) is 17.2. The van der Waals surface area contributed by atoms with E-state index in [1.807, 2.05) is 0 Å². The summed E-state index contributed by atoms with van der Waals surface area (Å²) in [6.07, 6.45) is -5.12. The molecule has 0 radical (unpaired) electrons. The normalized spacial score (nSPS) is 17.9. The number of anilines is 1. The molecule has 1 saturated heterocycles. The van der Waals surface area contributed by atoms with Gasteiger partial charge in [0.2, 0.25) is 0 Å². The van der Waals surface area contributed by atoms with Crippen LogP contribution in [-0.2, 0) is 0 Å². The van der Waals surface area contributed by atoms with E-state index in [0.717, 1.165) is 0 Å². The van der Waals surface area contributed by atoms with Crippen molar-refractivity contribution in [3.8, 4) is 0 Å². The van der Waals surface area contributed by atoms with E-state index < -0.39 is 18.2 Å². The average Bonchev–Trinajstić information content (AvgIpc) is 2.53. The number of amides is 1. The first-order chi connectivity index (χ1) is 10.7.